The van der Waals surface area contributed by atoms with Gasteiger partial charge in [-0.1, -0.05) is 11.6 Å². The van der Waals surface area contributed by atoms with Crippen LogP contribution in [0.2, 0.25) is 5.15 Å². The number of nitrogens with zero attached hydrogens (tertiary/aromatic N) is 2. The number of benzene rings is 1. The minimum atomic E-state index is -3.81. The summed E-state index contributed by atoms with van der Waals surface area (Å²) in [5, 5.41) is 10.6. The molecule has 1 aromatic heterocycles. The molecule has 0 bridgehead atoms. The van der Waals surface area contributed by atoms with Crippen molar-refractivity contribution >= 4 is 33.0 Å². The second-order valence-electron chi connectivity index (χ2n) is 3.72. The third-order valence-corrected chi connectivity index (χ3v) is 3.92. The number of sulfonamides is 1. The van der Waals surface area contributed by atoms with Gasteiger partial charge in [0.1, 0.15) is 5.15 Å². The van der Waals surface area contributed by atoms with Crippen molar-refractivity contribution in [1.29, 1.82) is 0 Å². The standard InChI is InChI=1S/C11H8ClN3O4S/c12-11-7-10(5-6-13-11)20(18,19)14-8-1-3-9(4-2-8)15(16)17/h1-7,14H. The molecule has 0 unspecified atom stereocenters. The summed E-state index contributed by atoms with van der Waals surface area (Å²) >= 11 is 5.63. The zero-order chi connectivity index (χ0) is 14.8. The molecule has 0 aliphatic heterocycles. The molecule has 0 aliphatic rings. The Kier molecular flexibility index (Phi) is 3.86. The van der Waals surface area contributed by atoms with Gasteiger partial charge in [-0.2, -0.15) is 0 Å². The first-order valence-corrected chi connectivity index (χ1v) is 7.13. The molecule has 0 fully saturated rings. The summed E-state index contributed by atoms with van der Waals surface area (Å²) in [7, 11) is -3.81. The first-order chi connectivity index (χ1) is 9.38. The van der Waals surface area contributed by atoms with Gasteiger partial charge in [-0.3, -0.25) is 14.8 Å². The molecule has 7 nitrogen and oxygen atoms in total. The first-order valence-electron chi connectivity index (χ1n) is 5.27. The predicted molar refractivity (Wildman–Crippen MR) is 73.2 cm³/mol. The maximum absolute atomic E-state index is 12.0. The van der Waals surface area contributed by atoms with E-state index in [4.69, 9.17) is 11.6 Å². The van der Waals surface area contributed by atoms with E-state index < -0.39 is 14.9 Å². The van der Waals surface area contributed by atoms with Gasteiger partial charge in [0.15, 0.2) is 0 Å². The minimum Gasteiger partial charge on any atom is -0.280 e. The number of rotatable bonds is 4. The molecule has 0 saturated carbocycles. The van der Waals surface area contributed by atoms with Crippen LogP contribution < -0.4 is 4.72 Å². The lowest BCUT2D eigenvalue weighted by molar-refractivity contribution is -0.384. The van der Waals surface area contributed by atoms with Crippen LogP contribution in [0.3, 0.4) is 0 Å². The highest BCUT2D eigenvalue weighted by Gasteiger charge is 2.15. The Labute approximate surface area is 119 Å². The molecule has 20 heavy (non-hydrogen) atoms. The minimum absolute atomic E-state index is 0.0455. The van der Waals surface area contributed by atoms with E-state index in [9.17, 15) is 18.5 Å². The summed E-state index contributed by atoms with van der Waals surface area (Å²) in [6.07, 6.45) is 1.27. The second kappa shape index (κ2) is 5.43. The Morgan fingerprint density at radius 3 is 2.40 bits per heavy atom. The van der Waals surface area contributed by atoms with Crippen LogP contribution in [-0.4, -0.2) is 18.3 Å². The molecular formula is C11H8ClN3O4S. The van der Waals surface area contributed by atoms with E-state index in [0.29, 0.717) is 0 Å². The quantitative estimate of drug-likeness (QED) is 0.530. The second-order valence-corrected chi connectivity index (χ2v) is 5.79. The number of halogens is 1. The summed E-state index contributed by atoms with van der Waals surface area (Å²) < 4.78 is 26.4. The predicted octanol–water partition coefficient (Wildman–Crippen LogP) is 2.44. The van der Waals surface area contributed by atoms with Crippen molar-refractivity contribution in [3.8, 4) is 0 Å². The van der Waals surface area contributed by atoms with E-state index in [2.05, 4.69) is 9.71 Å². The normalized spacial score (nSPS) is 11.1. The lowest BCUT2D eigenvalue weighted by atomic mass is 10.3. The smallest absolute Gasteiger partial charge is 0.269 e. The van der Waals surface area contributed by atoms with Gasteiger partial charge in [-0.25, -0.2) is 13.4 Å². The molecule has 1 heterocycles. The Morgan fingerprint density at radius 1 is 1.20 bits per heavy atom. The lowest BCUT2D eigenvalue weighted by Crippen LogP contribution is -2.13. The molecule has 0 radical (unpaired) electrons. The number of anilines is 1. The van der Waals surface area contributed by atoms with Crippen molar-refractivity contribution in [2.24, 2.45) is 0 Å². The van der Waals surface area contributed by atoms with Crippen LogP contribution in [-0.2, 0) is 10.0 Å². The highest BCUT2D eigenvalue weighted by Crippen LogP contribution is 2.20. The fourth-order valence-corrected chi connectivity index (χ4v) is 2.73. The molecule has 0 spiro atoms. The Hall–Kier alpha value is -2.19. The molecule has 0 amide bonds. The molecule has 104 valence electrons. The molecule has 1 aromatic carbocycles. The zero-order valence-corrected chi connectivity index (χ0v) is 11.4. The van der Waals surface area contributed by atoms with Crippen LogP contribution in [0.15, 0.2) is 47.5 Å². The highest BCUT2D eigenvalue weighted by molar-refractivity contribution is 7.92. The maximum Gasteiger partial charge on any atom is 0.269 e. The summed E-state index contributed by atoms with van der Waals surface area (Å²) in [5.74, 6) is 0. The van der Waals surface area contributed by atoms with Crippen LogP contribution >= 0.6 is 11.6 Å². The van der Waals surface area contributed by atoms with Crippen LogP contribution in [0.1, 0.15) is 0 Å². The molecule has 1 N–H and O–H groups in total. The third-order valence-electron chi connectivity index (χ3n) is 2.34. The average molecular weight is 314 g/mol. The third kappa shape index (κ3) is 3.22. The molecule has 0 aliphatic carbocycles. The SMILES string of the molecule is O=[N+]([O-])c1ccc(NS(=O)(=O)c2ccnc(Cl)c2)cc1. The molecule has 2 aromatic rings. The number of hydrogen-bond acceptors (Lipinski definition) is 5. The fraction of sp³-hybridized carbons (Fsp3) is 0. The molecule has 0 saturated heterocycles. The Balaban J connectivity index is 2.26. The van der Waals surface area contributed by atoms with Crippen molar-refractivity contribution in [2.75, 3.05) is 4.72 Å². The largest absolute Gasteiger partial charge is 0.280 e. The van der Waals surface area contributed by atoms with Crippen molar-refractivity contribution in [3.05, 3.63) is 57.9 Å². The van der Waals surface area contributed by atoms with Crippen molar-refractivity contribution < 1.29 is 13.3 Å². The molecule has 9 heteroatoms. The molecule has 2 rings (SSSR count). The van der Waals surface area contributed by atoms with Crippen LogP contribution in [0, 0.1) is 10.1 Å². The van der Waals surface area contributed by atoms with E-state index in [0.717, 1.165) is 0 Å². The van der Waals surface area contributed by atoms with Gasteiger partial charge in [0.25, 0.3) is 15.7 Å². The number of non-ortho nitro benzene ring substituents is 1. The Morgan fingerprint density at radius 2 is 1.85 bits per heavy atom. The summed E-state index contributed by atoms with van der Waals surface area (Å²) in [5.41, 5.74) is 0.0865. The van der Waals surface area contributed by atoms with Gasteiger partial charge in [0.05, 0.1) is 9.82 Å². The van der Waals surface area contributed by atoms with E-state index in [1.807, 2.05) is 0 Å². The summed E-state index contributed by atoms with van der Waals surface area (Å²) in [4.78, 5) is 13.6. The van der Waals surface area contributed by atoms with Gasteiger partial charge < -0.3 is 0 Å². The van der Waals surface area contributed by atoms with Crippen molar-refractivity contribution in [2.45, 2.75) is 4.90 Å². The number of pyridine rings is 1. The van der Waals surface area contributed by atoms with E-state index in [1.54, 1.807) is 0 Å². The molecular weight excluding hydrogens is 306 g/mol. The zero-order valence-electron chi connectivity index (χ0n) is 9.86. The number of nitro benzene ring substituents is 1. The van der Waals surface area contributed by atoms with Gasteiger partial charge >= 0.3 is 0 Å². The topological polar surface area (TPSA) is 102 Å². The number of nitrogens with one attached hydrogen (secondary N) is 1. The fourth-order valence-electron chi connectivity index (χ4n) is 1.42. The summed E-state index contributed by atoms with van der Waals surface area (Å²) in [6.45, 7) is 0. The van der Waals surface area contributed by atoms with Gasteiger partial charge in [-0.15, -0.1) is 0 Å². The van der Waals surface area contributed by atoms with Crippen LogP contribution in [0.5, 0.6) is 0 Å². The number of nitro groups is 1. The molecule has 0 atom stereocenters. The monoisotopic (exact) mass is 313 g/mol. The van der Waals surface area contributed by atoms with Gasteiger partial charge in [-0.05, 0) is 24.3 Å². The van der Waals surface area contributed by atoms with E-state index >= 15 is 0 Å². The summed E-state index contributed by atoms with van der Waals surface area (Å²) in [6, 6.07) is 7.51. The van der Waals surface area contributed by atoms with Gasteiger partial charge in [0.2, 0.25) is 0 Å². The van der Waals surface area contributed by atoms with Crippen molar-refractivity contribution in [3.63, 3.8) is 0 Å². The highest BCUT2D eigenvalue weighted by atomic mass is 35.5. The van der Waals surface area contributed by atoms with Crippen LogP contribution in [0.25, 0.3) is 0 Å². The first kappa shape index (κ1) is 14.2. The maximum atomic E-state index is 12.0. The lowest BCUT2D eigenvalue weighted by Gasteiger charge is -2.07. The van der Waals surface area contributed by atoms with E-state index in [1.165, 1.54) is 42.6 Å². The number of hydrogen-bond donors (Lipinski definition) is 1. The number of aromatic nitrogens is 1. The Bertz CT molecular complexity index is 747. The van der Waals surface area contributed by atoms with E-state index in [-0.39, 0.29) is 21.4 Å². The average Bonchev–Trinajstić information content (AvgIpc) is 2.39. The van der Waals surface area contributed by atoms with Crippen molar-refractivity contribution in [1.82, 2.24) is 4.98 Å². The van der Waals surface area contributed by atoms with Crippen LogP contribution in [0.4, 0.5) is 11.4 Å². The van der Waals surface area contributed by atoms with Gasteiger partial charge in [0, 0.05) is 24.0 Å².